The molecule has 2 aliphatic rings. The summed E-state index contributed by atoms with van der Waals surface area (Å²) in [5, 5.41) is 5.62. The summed E-state index contributed by atoms with van der Waals surface area (Å²) in [6, 6.07) is 12.7. The number of amides is 1. The first kappa shape index (κ1) is 25.9. The van der Waals surface area contributed by atoms with Crippen molar-refractivity contribution in [1.29, 1.82) is 0 Å². The van der Waals surface area contributed by atoms with E-state index in [1.165, 1.54) is 55.1 Å². The van der Waals surface area contributed by atoms with Crippen molar-refractivity contribution in [3.8, 4) is 11.5 Å². The fraction of sp³-hybridized carbons (Fsp3) is 0.548. The first-order valence-electron chi connectivity index (χ1n) is 14.3. The molecule has 6 nitrogen and oxygen atoms in total. The van der Waals surface area contributed by atoms with E-state index in [0.717, 1.165) is 69.0 Å². The number of hydrogen-bond acceptors (Lipinski definition) is 5. The second kappa shape index (κ2) is 12.2. The Labute approximate surface area is 221 Å². The molecule has 3 heterocycles. The number of aryl methyl sites for hydroxylation is 2. The minimum Gasteiger partial charge on any atom is -0.441 e. The van der Waals surface area contributed by atoms with Crippen LogP contribution in [0.2, 0.25) is 0 Å². The van der Waals surface area contributed by atoms with Crippen molar-refractivity contribution in [3.63, 3.8) is 0 Å². The first-order chi connectivity index (χ1) is 18.1. The van der Waals surface area contributed by atoms with Crippen LogP contribution >= 0.6 is 0 Å². The molecule has 0 saturated carbocycles. The molecule has 2 aromatic carbocycles. The van der Waals surface area contributed by atoms with Crippen LogP contribution in [0, 0.1) is 19.8 Å². The average Bonchev–Trinajstić information content (AvgIpc) is 3.09. The lowest BCUT2D eigenvalue weighted by Crippen LogP contribution is -2.41. The highest BCUT2D eigenvalue weighted by Gasteiger charge is 2.26. The minimum absolute atomic E-state index is 0.127. The van der Waals surface area contributed by atoms with Gasteiger partial charge < -0.3 is 14.6 Å². The van der Waals surface area contributed by atoms with Crippen LogP contribution in [0.5, 0.6) is 0 Å². The molecule has 5 rings (SSSR count). The number of hydrogen-bond donors (Lipinski definition) is 1. The van der Waals surface area contributed by atoms with Gasteiger partial charge in [-0.3, -0.25) is 9.69 Å². The van der Waals surface area contributed by atoms with Crippen LogP contribution in [-0.2, 0) is 11.3 Å². The summed E-state index contributed by atoms with van der Waals surface area (Å²) in [5.74, 6) is 1.94. The third-order valence-electron chi connectivity index (χ3n) is 8.22. The fourth-order valence-corrected chi connectivity index (χ4v) is 5.98. The van der Waals surface area contributed by atoms with E-state index in [9.17, 15) is 4.79 Å². The molecule has 1 N–H and O–H groups in total. The summed E-state index contributed by atoms with van der Waals surface area (Å²) in [7, 11) is 0. The van der Waals surface area contributed by atoms with E-state index in [-0.39, 0.29) is 11.8 Å². The Morgan fingerprint density at radius 2 is 1.70 bits per heavy atom. The van der Waals surface area contributed by atoms with E-state index in [4.69, 9.17) is 9.40 Å². The highest BCUT2D eigenvalue weighted by Crippen LogP contribution is 2.32. The molecule has 0 unspecified atom stereocenters. The van der Waals surface area contributed by atoms with Gasteiger partial charge in [0.1, 0.15) is 5.76 Å². The van der Waals surface area contributed by atoms with Gasteiger partial charge in [-0.05, 0) is 101 Å². The Hall–Kier alpha value is -2.70. The molecule has 0 spiro atoms. The number of likely N-dealkylation sites (tertiary alicyclic amines) is 2. The molecule has 0 atom stereocenters. The molecular formula is C31H42N4O2. The highest BCUT2D eigenvalue weighted by atomic mass is 16.4. The summed E-state index contributed by atoms with van der Waals surface area (Å²) in [6.07, 6.45) is 8.25. The zero-order chi connectivity index (χ0) is 25.6. The van der Waals surface area contributed by atoms with E-state index in [1.54, 1.807) is 0 Å². The lowest BCUT2D eigenvalue weighted by molar-refractivity contribution is -0.126. The van der Waals surface area contributed by atoms with Gasteiger partial charge in [0.15, 0.2) is 0 Å². The lowest BCUT2D eigenvalue weighted by atomic mass is 9.95. The number of nitrogens with one attached hydrogen (secondary N) is 1. The van der Waals surface area contributed by atoms with Gasteiger partial charge in [-0.25, -0.2) is 4.98 Å². The largest absolute Gasteiger partial charge is 0.441 e. The van der Waals surface area contributed by atoms with Crippen LogP contribution in [0.1, 0.15) is 62.0 Å². The van der Waals surface area contributed by atoms with Crippen molar-refractivity contribution in [3.05, 3.63) is 53.4 Å². The smallest absolute Gasteiger partial charge is 0.227 e. The van der Waals surface area contributed by atoms with Gasteiger partial charge in [0.05, 0.1) is 5.69 Å². The summed E-state index contributed by atoms with van der Waals surface area (Å²) >= 11 is 0. The molecule has 2 saturated heterocycles. The number of nitrogens with zero attached hydrogens (tertiary/aromatic N) is 3. The number of piperidine rings is 1. The maximum absolute atomic E-state index is 12.7. The van der Waals surface area contributed by atoms with E-state index in [0.29, 0.717) is 5.89 Å². The number of carbonyl (C=O) groups excluding carboxylic acids is 1. The third kappa shape index (κ3) is 6.42. The molecule has 6 heteroatoms. The Kier molecular flexibility index (Phi) is 8.57. The maximum Gasteiger partial charge on any atom is 0.227 e. The predicted molar refractivity (Wildman–Crippen MR) is 149 cm³/mol. The van der Waals surface area contributed by atoms with Crippen LogP contribution < -0.4 is 5.32 Å². The van der Waals surface area contributed by atoms with Gasteiger partial charge in [0.25, 0.3) is 0 Å². The van der Waals surface area contributed by atoms with Crippen LogP contribution in [0.3, 0.4) is 0 Å². The predicted octanol–water partition coefficient (Wildman–Crippen LogP) is 5.71. The molecule has 1 aromatic heterocycles. The van der Waals surface area contributed by atoms with Gasteiger partial charge in [0, 0.05) is 24.6 Å². The number of rotatable bonds is 8. The Morgan fingerprint density at radius 1 is 0.973 bits per heavy atom. The van der Waals surface area contributed by atoms with E-state index >= 15 is 0 Å². The monoisotopic (exact) mass is 502 g/mol. The summed E-state index contributed by atoms with van der Waals surface area (Å²) in [6.45, 7) is 11.1. The third-order valence-corrected chi connectivity index (χ3v) is 8.22. The molecule has 1 amide bonds. The molecular weight excluding hydrogens is 460 g/mol. The number of carbonyl (C=O) groups is 1. The fourth-order valence-electron chi connectivity index (χ4n) is 5.98. The lowest BCUT2D eigenvalue weighted by Gasteiger charge is -2.30. The second-order valence-corrected chi connectivity index (χ2v) is 11.0. The summed E-state index contributed by atoms with van der Waals surface area (Å²) in [4.78, 5) is 22.6. The zero-order valence-corrected chi connectivity index (χ0v) is 22.6. The molecule has 37 heavy (non-hydrogen) atoms. The Bertz CT molecular complexity index is 1180. The quantitative estimate of drug-likeness (QED) is 0.400. The number of fused-ring (bicyclic) bond motifs is 1. The normalized spacial score (nSPS) is 18.2. The molecule has 0 aliphatic carbocycles. The second-order valence-electron chi connectivity index (χ2n) is 11.0. The van der Waals surface area contributed by atoms with Gasteiger partial charge in [-0.15, -0.1) is 0 Å². The molecule has 2 aliphatic heterocycles. The van der Waals surface area contributed by atoms with Crippen molar-refractivity contribution < 1.29 is 9.21 Å². The average molecular weight is 503 g/mol. The van der Waals surface area contributed by atoms with Crippen LogP contribution in [0.25, 0.3) is 22.2 Å². The van der Waals surface area contributed by atoms with E-state index in [1.807, 2.05) is 6.92 Å². The van der Waals surface area contributed by atoms with Gasteiger partial charge in [-0.1, -0.05) is 43.2 Å². The van der Waals surface area contributed by atoms with Crippen LogP contribution in [0.15, 0.2) is 40.8 Å². The Morgan fingerprint density at radius 3 is 2.46 bits per heavy atom. The molecule has 0 radical (unpaired) electrons. The number of benzene rings is 2. The van der Waals surface area contributed by atoms with Crippen molar-refractivity contribution in [2.24, 2.45) is 5.92 Å². The van der Waals surface area contributed by atoms with Gasteiger partial charge in [-0.2, -0.15) is 0 Å². The maximum atomic E-state index is 12.7. The zero-order valence-electron chi connectivity index (χ0n) is 22.6. The molecule has 2 fully saturated rings. The highest BCUT2D eigenvalue weighted by molar-refractivity contribution is 5.97. The van der Waals surface area contributed by atoms with Crippen LogP contribution in [0.4, 0.5) is 0 Å². The van der Waals surface area contributed by atoms with Crippen LogP contribution in [-0.4, -0.2) is 60.0 Å². The van der Waals surface area contributed by atoms with Gasteiger partial charge in [0.2, 0.25) is 11.8 Å². The molecule has 0 bridgehead atoms. The summed E-state index contributed by atoms with van der Waals surface area (Å²) < 4.78 is 6.16. The van der Waals surface area contributed by atoms with Crippen molar-refractivity contribution >= 4 is 16.7 Å². The standard InChI is InChI=1S/C31H42N4O2/c1-23-10-7-11-25-12-8-13-27(29(23)25)31-33-28(24(2)37-31)22-35-20-14-26(15-21-35)30(36)32-16-9-19-34-17-5-3-4-6-18-34/h7-8,10-13,26H,3-6,9,14-22H2,1-2H3,(H,32,36). The Balaban J connectivity index is 1.10. The van der Waals surface area contributed by atoms with E-state index in [2.05, 4.69) is 58.4 Å². The SMILES string of the molecule is Cc1oc(-c2cccc3cccc(C)c23)nc1CN1CCC(C(=O)NCCCN2CCCCCC2)CC1. The minimum atomic E-state index is 0.127. The van der Waals surface area contributed by atoms with Crippen molar-refractivity contribution in [2.45, 2.75) is 65.3 Å². The topological polar surface area (TPSA) is 61.6 Å². The summed E-state index contributed by atoms with van der Waals surface area (Å²) in [5.41, 5.74) is 3.28. The van der Waals surface area contributed by atoms with Crippen molar-refractivity contribution in [2.75, 3.05) is 39.3 Å². The molecule has 198 valence electrons. The van der Waals surface area contributed by atoms with E-state index < -0.39 is 0 Å². The number of aromatic nitrogens is 1. The first-order valence-corrected chi connectivity index (χ1v) is 14.3. The number of oxazole rings is 1. The molecule has 3 aromatic rings. The van der Waals surface area contributed by atoms with Gasteiger partial charge >= 0.3 is 0 Å². The van der Waals surface area contributed by atoms with Crippen molar-refractivity contribution in [1.82, 2.24) is 20.1 Å².